The fourth-order valence-corrected chi connectivity index (χ4v) is 2.13. The molecule has 5 nitrogen and oxygen atoms in total. The molecule has 0 spiro atoms. The Kier molecular flexibility index (Phi) is 5.32. The number of nitrogen functional groups attached to an aromatic ring is 1. The summed E-state index contributed by atoms with van der Waals surface area (Å²) in [6.07, 6.45) is 0. The van der Waals surface area contributed by atoms with Crippen LogP contribution in [0.15, 0.2) is 24.3 Å². The van der Waals surface area contributed by atoms with Gasteiger partial charge in [-0.15, -0.1) is 0 Å². The summed E-state index contributed by atoms with van der Waals surface area (Å²) in [5.74, 6) is 5.29. The van der Waals surface area contributed by atoms with Gasteiger partial charge in [0.1, 0.15) is 0 Å². The van der Waals surface area contributed by atoms with E-state index in [-0.39, 0.29) is 11.3 Å². The number of nitrogens with one attached hydrogen (secondary N) is 2. The number of nitrogens with two attached hydrogens (primary N) is 1. The van der Waals surface area contributed by atoms with E-state index in [1.54, 1.807) is 12.1 Å². The third kappa shape index (κ3) is 4.89. The maximum atomic E-state index is 12.1. The van der Waals surface area contributed by atoms with Gasteiger partial charge in [0.15, 0.2) is 0 Å². The van der Waals surface area contributed by atoms with Gasteiger partial charge in [0.25, 0.3) is 5.91 Å². The number of hydrogen-bond donors (Lipinski definition) is 3. The lowest BCUT2D eigenvalue weighted by Crippen LogP contribution is -2.40. The van der Waals surface area contributed by atoms with Gasteiger partial charge in [0.05, 0.1) is 11.3 Å². The van der Waals surface area contributed by atoms with Gasteiger partial charge in [-0.25, -0.2) is 0 Å². The van der Waals surface area contributed by atoms with Crippen LogP contribution in [0.5, 0.6) is 0 Å². The predicted molar refractivity (Wildman–Crippen MR) is 78.9 cm³/mol. The van der Waals surface area contributed by atoms with E-state index in [1.807, 2.05) is 26.2 Å². The quantitative estimate of drug-likeness (QED) is 0.535. The summed E-state index contributed by atoms with van der Waals surface area (Å²) in [5, 5.41) is 2.96. The van der Waals surface area contributed by atoms with Crippen molar-refractivity contribution < 1.29 is 4.79 Å². The first kappa shape index (κ1) is 15.5. The molecule has 0 unspecified atom stereocenters. The molecule has 0 aliphatic carbocycles. The van der Waals surface area contributed by atoms with E-state index in [0.29, 0.717) is 17.8 Å². The largest absolute Gasteiger partial charge is 0.351 e. The van der Waals surface area contributed by atoms with Crippen LogP contribution in [0, 0.1) is 5.41 Å². The molecular formula is C14H24N4O. The average molecular weight is 264 g/mol. The smallest absolute Gasteiger partial charge is 0.253 e. The first-order chi connectivity index (χ1) is 8.85. The normalized spacial score (nSPS) is 11.5. The highest BCUT2D eigenvalue weighted by Crippen LogP contribution is 2.16. The van der Waals surface area contributed by atoms with Crippen LogP contribution in [-0.4, -0.2) is 38.0 Å². The molecule has 1 aromatic rings. The Morgan fingerprint density at radius 2 is 1.95 bits per heavy atom. The van der Waals surface area contributed by atoms with Gasteiger partial charge in [-0.1, -0.05) is 26.0 Å². The number of nitrogens with zero attached hydrogens (tertiary/aromatic N) is 1. The van der Waals surface area contributed by atoms with Gasteiger partial charge in [-0.05, 0) is 31.6 Å². The maximum Gasteiger partial charge on any atom is 0.253 e. The lowest BCUT2D eigenvalue weighted by atomic mass is 9.93. The minimum Gasteiger partial charge on any atom is -0.351 e. The molecule has 0 heterocycles. The number of carbonyl (C=O) groups is 1. The van der Waals surface area contributed by atoms with Crippen LogP contribution in [-0.2, 0) is 0 Å². The lowest BCUT2D eigenvalue weighted by Gasteiger charge is -2.28. The van der Waals surface area contributed by atoms with Crippen LogP contribution in [0.2, 0.25) is 0 Å². The Morgan fingerprint density at radius 1 is 1.32 bits per heavy atom. The van der Waals surface area contributed by atoms with Crippen LogP contribution < -0.4 is 16.6 Å². The van der Waals surface area contributed by atoms with Crippen molar-refractivity contribution in [1.29, 1.82) is 0 Å². The fraction of sp³-hybridized carbons (Fsp3) is 0.500. The second-order valence-electron chi connectivity index (χ2n) is 5.77. The van der Waals surface area contributed by atoms with E-state index in [9.17, 15) is 4.79 Å². The van der Waals surface area contributed by atoms with Crippen molar-refractivity contribution in [3.63, 3.8) is 0 Å². The molecular weight excluding hydrogens is 240 g/mol. The van der Waals surface area contributed by atoms with Gasteiger partial charge < -0.3 is 15.6 Å². The van der Waals surface area contributed by atoms with E-state index in [0.717, 1.165) is 6.54 Å². The lowest BCUT2D eigenvalue weighted by molar-refractivity contribution is 0.0930. The molecule has 1 aromatic carbocycles. The summed E-state index contributed by atoms with van der Waals surface area (Å²) in [5.41, 5.74) is 3.75. The van der Waals surface area contributed by atoms with Crippen LogP contribution in [0.3, 0.4) is 0 Å². The van der Waals surface area contributed by atoms with Crippen LogP contribution in [0.25, 0.3) is 0 Å². The van der Waals surface area contributed by atoms with Crippen LogP contribution >= 0.6 is 0 Å². The third-order valence-corrected chi connectivity index (χ3v) is 2.80. The van der Waals surface area contributed by atoms with E-state index in [1.165, 1.54) is 0 Å². The molecule has 0 saturated heterocycles. The number of carbonyl (C=O) groups excluding carboxylic acids is 1. The monoisotopic (exact) mass is 264 g/mol. The van der Waals surface area contributed by atoms with Crippen molar-refractivity contribution >= 4 is 11.6 Å². The molecule has 5 heteroatoms. The van der Waals surface area contributed by atoms with E-state index in [2.05, 4.69) is 29.5 Å². The summed E-state index contributed by atoms with van der Waals surface area (Å²) < 4.78 is 0. The maximum absolute atomic E-state index is 12.1. The van der Waals surface area contributed by atoms with Crippen LogP contribution in [0.4, 0.5) is 5.69 Å². The number of para-hydroxylation sites is 1. The third-order valence-electron chi connectivity index (χ3n) is 2.80. The molecule has 0 saturated carbocycles. The SMILES string of the molecule is CN(C)CC(C)(C)CNC(=O)c1ccccc1NN. The predicted octanol–water partition coefficient (Wildman–Crippen LogP) is 1.29. The summed E-state index contributed by atoms with van der Waals surface area (Å²) in [4.78, 5) is 14.2. The van der Waals surface area contributed by atoms with Crippen molar-refractivity contribution in [2.75, 3.05) is 32.6 Å². The Bertz CT molecular complexity index is 429. The summed E-state index contributed by atoms with van der Waals surface area (Å²) in [6.45, 7) is 5.77. The van der Waals surface area contributed by atoms with Crippen molar-refractivity contribution in [3.05, 3.63) is 29.8 Å². The average Bonchev–Trinajstić information content (AvgIpc) is 2.34. The van der Waals surface area contributed by atoms with Crippen molar-refractivity contribution in [1.82, 2.24) is 10.2 Å². The Balaban J connectivity index is 2.65. The van der Waals surface area contributed by atoms with Gasteiger partial charge in [0.2, 0.25) is 0 Å². The zero-order valence-corrected chi connectivity index (χ0v) is 12.2. The first-order valence-corrected chi connectivity index (χ1v) is 6.34. The number of hydrazine groups is 1. The van der Waals surface area contributed by atoms with E-state index in [4.69, 9.17) is 5.84 Å². The number of benzene rings is 1. The van der Waals surface area contributed by atoms with Crippen molar-refractivity contribution in [3.8, 4) is 0 Å². The minimum absolute atomic E-state index is 0.0181. The zero-order chi connectivity index (χ0) is 14.5. The molecule has 0 radical (unpaired) electrons. The fourth-order valence-electron chi connectivity index (χ4n) is 2.13. The molecule has 0 atom stereocenters. The van der Waals surface area contributed by atoms with Crippen molar-refractivity contribution in [2.45, 2.75) is 13.8 Å². The van der Waals surface area contributed by atoms with E-state index < -0.39 is 0 Å². The minimum atomic E-state index is -0.111. The summed E-state index contributed by atoms with van der Waals surface area (Å²) in [6, 6.07) is 7.19. The topological polar surface area (TPSA) is 70.4 Å². The highest BCUT2D eigenvalue weighted by molar-refractivity contribution is 5.99. The van der Waals surface area contributed by atoms with Gasteiger partial charge in [0, 0.05) is 13.1 Å². The molecule has 4 N–H and O–H groups in total. The molecule has 1 amide bonds. The molecule has 0 bridgehead atoms. The Labute approximate surface area is 115 Å². The van der Waals surface area contributed by atoms with Crippen molar-refractivity contribution in [2.24, 2.45) is 11.3 Å². The summed E-state index contributed by atoms with van der Waals surface area (Å²) in [7, 11) is 4.05. The molecule has 0 aliphatic rings. The van der Waals surface area contributed by atoms with Gasteiger partial charge in [-0.3, -0.25) is 10.6 Å². The number of hydrogen-bond acceptors (Lipinski definition) is 4. The highest BCUT2D eigenvalue weighted by Gasteiger charge is 2.20. The van der Waals surface area contributed by atoms with Gasteiger partial charge in [-0.2, -0.15) is 0 Å². The van der Waals surface area contributed by atoms with E-state index >= 15 is 0 Å². The summed E-state index contributed by atoms with van der Waals surface area (Å²) >= 11 is 0. The zero-order valence-electron chi connectivity index (χ0n) is 12.2. The first-order valence-electron chi connectivity index (χ1n) is 6.34. The number of anilines is 1. The molecule has 0 aliphatic heterocycles. The number of amides is 1. The molecule has 106 valence electrons. The standard InChI is InChI=1S/C14H24N4O/c1-14(2,10-18(3)4)9-16-13(19)11-7-5-6-8-12(11)17-15/h5-8,17H,9-10,15H2,1-4H3,(H,16,19). The molecule has 19 heavy (non-hydrogen) atoms. The second-order valence-corrected chi connectivity index (χ2v) is 5.77. The Morgan fingerprint density at radius 3 is 2.53 bits per heavy atom. The number of rotatable bonds is 6. The molecule has 1 rings (SSSR count). The van der Waals surface area contributed by atoms with Gasteiger partial charge >= 0.3 is 0 Å². The van der Waals surface area contributed by atoms with Crippen LogP contribution in [0.1, 0.15) is 24.2 Å². The second kappa shape index (κ2) is 6.54. The highest BCUT2D eigenvalue weighted by atomic mass is 16.1. The Hall–Kier alpha value is -1.59. The molecule has 0 fully saturated rings. The molecule has 0 aromatic heterocycles.